The Morgan fingerprint density at radius 1 is 1.21 bits per heavy atom. The van der Waals surface area contributed by atoms with Crippen LogP contribution in [-0.4, -0.2) is 27.0 Å². The van der Waals surface area contributed by atoms with Crippen molar-refractivity contribution in [1.82, 2.24) is 14.5 Å². The number of para-hydroxylation sites is 1. The van der Waals surface area contributed by atoms with Gasteiger partial charge in [-0.2, -0.15) is 5.26 Å². The fourth-order valence-corrected chi connectivity index (χ4v) is 5.02. The first-order chi connectivity index (χ1) is 16.2. The molecule has 0 saturated carbocycles. The molecule has 1 fully saturated rings. The lowest BCUT2D eigenvalue weighted by atomic mass is 10.1. The SMILES string of the molecule is N#Cc1cnccc1Cn1cccc1C(=O)Nc1nc(C2CCCN2c2ccccc2)cs1. The third-order valence-corrected chi connectivity index (χ3v) is 6.64. The van der Waals surface area contributed by atoms with E-state index >= 15 is 0 Å². The molecule has 1 amide bonds. The largest absolute Gasteiger partial charge is 0.363 e. The van der Waals surface area contributed by atoms with E-state index in [2.05, 4.69) is 45.5 Å². The predicted octanol–water partition coefficient (Wildman–Crippen LogP) is 4.85. The van der Waals surface area contributed by atoms with Gasteiger partial charge < -0.3 is 9.47 Å². The molecule has 1 atom stereocenters. The number of nitriles is 1. The predicted molar refractivity (Wildman–Crippen MR) is 128 cm³/mol. The number of thiazole rings is 1. The number of aromatic nitrogens is 3. The molecule has 1 aliphatic heterocycles. The van der Waals surface area contributed by atoms with Gasteiger partial charge in [-0.15, -0.1) is 11.3 Å². The van der Waals surface area contributed by atoms with Crippen molar-refractivity contribution in [1.29, 1.82) is 5.26 Å². The Balaban J connectivity index is 1.30. The number of carbonyl (C=O) groups excluding carboxylic acids is 1. The average molecular weight is 455 g/mol. The lowest BCUT2D eigenvalue weighted by molar-refractivity contribution is 0.101. The van der Waals surface area contributed by atoms with Crippen LogP contribution in [0.25, 0.3) is 0 Å². The molecule has 4 heterocycles. The highest BCUT2D eigenvalue weighted by Gasteiger charge is 2.28. The van der Waals surface area contributed by atoms with Crippen LogP contribution in [-0.2, 0) is 6.54 Å². The summed E-state index contributed by atoms with van der Waals surface area (Å²) in [5, 5.41) is 14.9. The van der Waals surface area contributed by atoms with Crippen LogP contribution in [0.1, 0.15) is 46.2 Å². The molecule has 33 heavy (non-hydrogen) atoms. The maximum Gasteiger partial charge on any atom is 0.274 e. The minimum absolute atomic E-state index is 0.217. The Morgan fingerprint density at radius 2 is 2.09 bits per heavy atom. The van der Waals surface area contributed by atoms with Crippen molar-refractivity contribution in [2.75, 3.05) is 16.8 Å². The topological polar surface area (TPSA) is 86.8 Å². The minimum Gasteiger partial charge on any atom is -0.363 e. The van der Waals surface area contributed by atoms with E-state index in [0.717, 1.165) is 30.6 Å². The molecule has 8 heteroatoms. The van der Waals surface area contributed by atoms with E-state index < -0.39 is 0 Å². The highest BCUT2D eigenvalue weighted by molar-refractivity contribution is 7.14. The number of hydrogen-bond donors (Lipinski definition) is 1. The quantitative estimate of drug-likeness (QED) is 0.450. The number of rotatable bonds is 6. The molecule has 164 valence electrons. The Kier molecular flexibility index (Phi) is 5.87. The molecular formula is C25H22N6OS. The number of anilines is 2. The second-order valence-electron chi connectivity index (χ2n) is 7.88. The molecule has 1 aliphatic rings. The van der Waals surface area contributed by atoms with Crippen molar-refractivity contribution in [2.45, 2.75) is 25.4 Å². The van der Waals surface area contributed by atoms with Crippen LogP contribution in [0.3, 0.4) is 0 Å². The summed E-state index contributed by atoms with van der Waals surface area (Å²) in [6.07, 6.45) is 7.18. The summed E-state index contributed by atoms with van der Waals surface area (Å²) in [5.74, 6) is -0.222. The van der Waals surface area contributed by atoms with Crippen molar-refractivity contribution in [3.63, 3.8) is 0 Å². The molecule has 0 bridgehead atoms. The molecule has 5 rings (SSSR count). The molecule has 1 unspecified atom stereocenters. The summed E-state index contributed by atoms with van der Waals surface area (Å²) >= 11 is 1.44. The van der Waals surface area contributed by atoms with Crippen molar-refractivity contribution in [3.05, 3.63) is 95.0 Å². The van der Waals surface area contributed by atoms with E-state index in [0.29, 0.717) is 22.9 Å². The Hall–Kier alpha value is -3.96. The summed E-state index contributed by atoms with van der Waals surface area (Å²) in [6, 6.07) is 18.1. The van der Waals surface area contributed by atoms with E-state index in [1.807, 2.05) is 28.3 Å². The normalized spacial score (nSPS) is 15.4. The lowest BCUT2D eigenvalue weighted by Gasteiger charge is -2.25. The Labute approximate surface area is 196 Å². The number of pyridine rings is 1. The number of hydrogen-bond acceptors (Lipinski definition) is 6. The molecule has 0 spiro atoms. The van der Waals surface area contributed by atoms with Crippen LogP contribution in [0.2, 0.25) is 0 Å². The maximum absolute atomic E-state index is 13.0. The van der Waals surface area contributed by atoms with Gasteiger partial charge >= 0.3 is 0 Å². The second kappa shape index (κ2) is 9.27. The number of carbonyl (C=O) groups is 1. The van der Waals surface area contributed by atoms with Gasteiger partial charge in [0.05, 0.1) is 17.3 Å². The second-order valence-corrected chi connectivity index (χ2v) is 8.74. The fourth-order valence-electron chi connectivity index (χ4n) is 4.26. The highest BCUT2D eigenvalue weighted by Crippen LogP contribution is 2.37. The monoisotopic (exact) mass is 454 g/mol. The molecule has 1 N–H and O–H groups in total. The zero-order chi connectivity index (χ0) is 22.6. The van der Waals surface area contributed by atoms with E-state index in [1.165, 1.54) is 23.2 Å². The van der Waals surface area contributed by atoms with E-state index in [-0.39, 0.29) is 11.9 Å². The van der Waals surface area contributed by atoms with Crippen LogP contribution in [0.5, 0.6) is 0 Å². The third kappa shape index (κ3) is 4.36. The van der Waals surface area contributed by atoms with Crippen LogP contribution in [0.15, 0.2) is 72.5 Å². The van der Waals surface area contributed by atoms with Crippen molar-refractivity contribution in [3.8, 4) is 6.07 Å². The van der Waals surface area contributed by atoms with Gasteiger partial charge in [-0.25, -0.2) is 4.98 Å². The lowest BCUT2D eigenvalue weighted by Crippen LogP contribution is -2.22. The van der Waals surface area contributed by atoms with Crippen molar-refractivity contribution in [2.24, 2.45) is 0 Å². The summed E-state index contributed by atoms with van der Waals surface area (Å²) in [4.78, 5) is 24.1. The molecule has 1 aromatic carbocycles. The van der Waals surface area contributed by atoms with Crippen molar-refractivity contribution >= 4 is 28.1 Å². The van der Waals surface area contributed by atoms with Gasteiger partial charge in [0, 0.05) is 42.7 Å². The van der Waals surface area contributed by atoms with E-state index in [9.17, 15) is 10.1 Å². The summed E-state index contributed by atoms with van der Waals surface area (Å²) in [6.45, 7) is 1.42. The average Bonchev–Trinajstić information content (AvgIpc) is 3.61. The summed E-state index contributed by atoms with van der Waals surface area (Å²) in [5.41, 5.74) is 4.02. The highest BCUT2D eigenvalue weighted by atomic mass is 32.1. The zero-order valence-corrected chi connectivity index (χ0v) is 18.7. The van der Waals surface area contributed by atoms with Crippen LogP contribution < -0.4 is 10.2 Å². The molecule has 4 aromatic rings. The fraction of sp³-hybridized carbons (Fsp3) is 0.200. The van der Waals surface area contributed by atoms with Gasteiger partial charge in [-0.3, -0.25) is 15.1 Å². The van der Waals surface area contributed by atoms with Gasteiger partial charge in [0.1, 0.15) is 11.8 Å². The Bertz CT molecular complexity index is 1310. The smallest absolute Gasteiger partial charge is 0.274 e. The number of nitrogens with zero attached hydrogens (tertiary/aromatic N) is 5. The summed E-state index contributed by atoms with van der Waals surface area (Å²) in [7, 11) is 0. The van der Waals surface area contributed by atoms with Gasteiger partial charge in [0.2, 0.25) is 0 Å². The first-order valence-electron chi connectivity index (χ1n) is 10.8. The Morgan fingerprint density at radius 3 is 2.94 bits per heavy atom. The van der Waals surface area contributed by atoms with Gasteiger partial charge in [0.15, 0.2) is 5.13 Å². The molecule has 0 radical (unpaired) electrons. The first kappa shape index (κ1) is 20.9. The maximum atomic E-state index is 13.0. The minimum atomic E-state index is -0.222. The standard InChI is InChI=1S/C25H22N6OS/c26-14-19-15-27-11-10-18(19)16-30-12-4-9-23(30)24(32)29-25-28-21(17-33-25)22-8-5-13-31(22)20-6-2-1-3-7-20/h1-4,6-7,9-12,15,17,22H,5,8,13,16H2,(H,28,29,32). The number of amides is 1. The van der Waals surface area contributed by atoms with Crippen LogP contribution in [0, 0.1) is 11.3 Å². The van der Waals surface area contributed by atoms with Gasteiger partial charge in [-0.1, -0.05) is 18.2 Å². The zero-order valence-electron chi connectivity index (χ0n) is 17.9. The third-order valence-electron chi connectivity index (χ3n) is 5.86. The molecule has 3 aromatic heterocycles. The number of nitrogens with one attached hydrogen (secondary N) is 1. The molecule has 1 saturated heterocycles. The molecular weight excluding hydrogens is 432 g/mol. The molecule has 0 aliphatic carbocycles. The first-order valence-corrected chi connectivity index (χ1v) is 11.7. The van der Waals surface area contributed by atoms with Gasteiger partial charge in [-0.05, 0) is 48.7 Å². The van der Waals surface area contributed by atoms with E-state index in [1.54, 1.807) is 18.3 Å². The van der Waals surface area contributed by atoms with Crippen molar-refractivity contribution < 1.29 is 4.79 Å². The van der Waals surface area contributed by atoms with Crippen LogP contribution >= 0.6 is 11.3 Å². The van der Waals surface area contributed by atoms with E-state index in [4.69, 9.17) is 4.98 Å². The van der Waals surface area contributed by atoms with Crippen LogP contribution in [0.4, 0.5) is 10.8 Å². The van der Waals surface area contributed by atoms with Gasteiger partial charge in [0.25, 0.3) is 5.91 Å². The molecule has 7 nitrogen and oxygen atoms in total. The number of benzene rings is 1. The summed E-state index contributed by atoms with van der Waals surface area (Å²) < 4.78 is 1.83.